The van der Waals surface area contributed by atoms with Gasteiger partial charge < -0.3 is 45.9 Å². The molecule has 1 aliphatic heterocycles. The smallest absolute Gasteiger partial charge is 0.259 e. The number of unbranched alkanes of at least 4 members (excludes halogenated alkanes) is 2. The average molecular weight is 951 g/mol. The summed E-state index contributed by atoms with van der Waals surface area (Å²) in [5.41, 5.74) is 22.4. The van der Waals surface area contributed by atoms with Crippen molar-refractivity contribution in [2.75, 3.05) is 56.0 Å². The zero-order valence-electron chi connectivity index (χ0n) is 38.0. The fraction of sp³-hybridized carbons (Fsp3) is 0.391. The summed E-state index contributed by atoms with van der Waals surface area (Å²) < 4.78 is 47.1. The van der Waals surface area contributed by atoms with Crippen molar-refractivity contribution in [1.82, 2.24) is 49.1 Å². The van der Waals surface area contributed by atoms with Crippen molar-refractivity contribution in [1.29, 1.82) is 0 Å². The summed E-state index contributed by atoms with van der Waals surface area (Å²) in [6, 6.07) is 24.2. The summed E-state index contributed by atoms with van der Waals surface area (Å²) >= 11 is 0. The van der Waals surface area contributed by atoms with Crippen LogP contribution < -0.4 is 22.5 Å². The first-order valence-electron chi connectivity index (χ1n) is 22.6. The third kappa shape index (κ3) is 14.1. The van der Waals surface area contributed by atoms with Crippen LogP contribution in [-0.2, 0) is 45.0 Å². The van der Waals surface area contributed by atoms with Crippen molar-refractivity contribution < 1.29 is 31.8 Å². The Kier molecular flexibility index (Phi) is 17.5. The zero-order valence-corrected chi connectivity index (χ0v) is 38.8. The Hall–Kier alpha value is -6.85. The molecule has 1 saturated heterocycles. The molecule has 0 amide bonds. The van der Waals surface area contributed by atoms with Gasteiger partial charge in [0.15, 0.2) is 17.8 Å². The number of ether oxygens (including phenoxy) is 2. The number of furan rings is 2. The summed E-state index contributed by atoms with van der Waals surface area (Å²) in [5.74, 6) is 2.52. The number of nitrogens with two attached hydrogens (primary N) is 3. The molecular weight excluding hydrogens is 893 g/mol. The zero-order chi connectivity index (χ0) is 47.7. The quantitative estimate of drug-likeness (QED) is 0.0655. The molecule has 0 bridgehead atoms. The Morgan fingerprint density at radius 2 is 1.26 bits per heavy atom. The maximum absolute atomic E-state index is 11.4. The van der Waals surface area contributed by atoms with Crippen LogP contribution in [0.25, 0.3) is 34.7 Å². The summed E-state index contributed by atoms with van der Waals surface area (Å²) in [6.07, 6.45) is 15.6. The lowest BCUT2D eigenvalue weighted by molar-refractivity contribution is -0.162. The lowest BCUT2D eigenvalue weighted by Crippen LogP contribution is -2.22. The van der Waals surface area contributed by atoms with E-state index in [2.05, 4.69) is 93.9 Å². The maximum Gasteiger partial charge on any atom is 0.259 e. The van der Waals surface area contributed by atoms with Crippen molar-refractivity contribution in [3.05, 3.63) is 108 Å². The number of sulfone groups is 1. The number of fused-ring (bicyclic) bond motifs is 2. The highest BCUT2D eigenvalue weighted by Crippen LogP contribution is 2.20. The molecule has 7 heterocycles. The molecule has 6 aromatic heterocycles. The van der Waals surface area contributed by atoms with Gasteiger partial charge in [-0.2, -0.15) is 38.9 Å². The molecule has 0 aliphatic carbocycles. The van der Waals surface area contributed by atoms with Crippen LogP contribution in [0.15, 0.2) is 99.3 Å². The lowest BCUT2D eigenvalue weighted by Gasteiger charge is -2.22. The van der Waals surface area contributed by atoms with E-state index >= 15 is 0 Å². The van der Waals surface area contributed by atoms with Gasteiger partial charge in [-0.05, 0) is 124 Å². The predicted molar refractivity (Wildman–Crippen MR) is 255 cm³/mol. The minimum absolute atomic E-state index is 0.0410. The number of benzene rings is 2. The number of hydrogen-bond donors (Lipinski definition) is 5. The molecule has 8 aromatic rings. The second-order valence-corrected chi connectivity index (χ2v) is 17.9. The predicted octanol–water partition coefficient (Wildman–Crippen LogP) is 5.15. The summed E-state index contributed by atoms with van der Waals surface area (Å²) in [4.78, 5) is 24.5. The van der Waals surface area contributed by atoms with Crippen molar-refractivity contribution in [2.45, 2.75) is 82.1 Å². The van der Waals surface area contributed by atoms with E-state index in [0.717, 1.165) is 81.9 Å². The second-order valence-electron chi connectivity index (χ2n) is 15.9. The highest BCUT2D eigenvalue weighted by Gasteiger charge is 2.19. The number of rotatable bonds is 19. The topological polar surface area (TPSA) is 301 Å². The van der Waals surface area contributed by atoms with Crippen molar-refractivity contribution in [2.24, 2.45) is 5.73 Å². The normalized spacial score (nSPS) is 13.8. The number of aliphatic hydroxyl groups is 1. The molecule has 9 rings (SSSR count). The molecule has 8 N–H and O–H groups in total. The largest absolute Gasteiger partial charge is 0.461 e. The molecule has 360 valence electrons. The van der Waals surface area contributed by atoms with E-state index in [-0.39, 0.29) is 36.4 Å². The van der Waals surface area contributed by atoms with Crippen LogP contribution >= 0.6 is 0 Å². The van der Waals surface area contributed by atoms with E-state index in [9.17, 15) is 8.42 Å². The van der Waals surface area contributed by atoms with Crippen LogP contribution in [-0.4, -0.2) is 108 Å². The van der Waals surface area contributed by atoms with Gasteiger partial charge in [0.2, 0.25) is 39.3 Å². The number of nitrogens with one attached hydrogen (secondary N) is 1. The van der Waals surface area contributed by atoms with E-state index in [1.807, 2.05) is 0 Å². The van der Waals surface area contributed by atoms with Crippen LogP contribution in [0.3, 0.4) is 0 Å². The van der Waals surface area contributed by atoms with E-state index < -0.39 is 15.0 Å². The van der Waals surface area contributed by atoms with Crippen molar-refractivity contribution >= 4 is 39.2 Å². The molecule has 0 saturated carbocycles. The molecule has 22 heteroatoms. The van der Waals surface area contributed by atoms with Gasteiger partial charge in [0, 0.05) is 32.6 Å². The van der Waals surface area contributed by atoms with E-state index in [1.165, 1.54) is 52.3 Å². The molecule has 1 unspecified atom stereocenters. The first kappa shape index (κ1) is 49.1. The van der Waals surface area contributed by atoms with Gasteiger partial charge >= 0.3 is 0 Å². The number of anilines is 3. The van der Waals surface area contributed by atoms with Gasteiger partial charge in [0.05, 0.1) is 12.5 Å². The fourth-order valence-electron chi connectivity index (χ4n) is 7.02. The van der Waals surface area contributed by atoms with Gasteiger partial charge in [-0.1, -0.05) is 48.5 Å². The molecule has 68 heavy (non-hydrogen) atoms. The Morgan fingerprint density at radius 1 is 0.706 bits per heavy atom. The van der Waals surface area contributed by atoms with Crippen LogP contribution in [0.4, 0.5) is 17.8 Å². The SMILES string of the molecule is CS(=O)(=O)c1nc(N)n2nc(-c3ccco3)nc2n1.NCCc1ccc(CCCCOC2CCCCO2)cc1.Nc1nc(NCCc2ccc(CCCCO)cc2)nc2nc(-c3ccco3)nn12. The summed E-state index contributed by atoms with van der Waals surface area (Å²) in [6.45, 7) is 3.31. The average Bonchev–Trinajstić information content (AvgIpc) is 4.19. The standard InChI is InChI=1S/C20H23N7O2.C17H27NO2.C9H8N6O3S/c21-18-24-19(25-20-23-17(26-27(18)20)16-5-3-13-29-16)22-11-10-15-8-6-14(7-9-15)4-1-2-12-28;18-12-11-16-9-7-15(8-10-16)5-1-3-13-19-17-6-2-4-14-20-17;1-19(16,17)9-12-7(10)15-8(13-9)11-6(14-15)5-3-2-4-18-5/h3,5-9,13,28H,1-2,4,10-12H2,(H3,21,22,23,24,25,26);7-10,17H,1-6,11-14,18H2;2-4H,1H3,(H2,10,11,12,13,14). The highest BCUT2D eigenvalue weighted by molar-refractivity contribution is 7.90. The van der Waals surface area contributed by atoms with Gasteiger partial charge in [-0.15, -0.1) is 10.2 Å². The Morgan fingerprint density at radius 3 is 1.79 bits per heavy atom. The van der Waals surface area contributed by atoms with E-state index in [4.69, 9.17) is 40.6 Å². The van der Waals surface area contributed by atoms with Gasteiger partial charge in [0.1, 0.15) is 0 Å². The first-order valence-corrected chi connectivity index (χ1v) is 24.5. The maximum atomic E-state index is 11.4. The molecule has 2 aromatic carbocycles. The third-order valence-corrected chi connectivity index (χ3v) is 11.5. The highest BCUT2D eigenvalue weighted by atomic mass is 32.2. The minimum Gasteiger partial charge on any atom is -0.461 e. The molecule has 1 fully saturated rings. The van der Waals surface area contributed by atoms with Crippen LogP contribution in [0.1, 0.15) is 67.2 Å². The number of aromatic nitrogens is 10. The molecule has 0 spiro atoms. The summed E-state index contributed by atoms with van der Waals surface area (Å²) in [5, 5.41) is 20.0. The molecule has 0 radical (unpaired) electrons. The Labute approximate surface area is 393 Å². The second kappa shape index (κ2) is 24.3. The van der Waals surface area contributed by atoms with Gasteiger partial charge in [-0.25, -0.2) is 8.42 Å². The monoisotopic (exact) mass is 950 g/mol. The molecule has 21 nitrogen and oxygen atoms in total. The Bertz CT molecular complexity index is 2870. The number of aliphatic hydroxyl groups excluding tert-OH is 1. The molecule has 1 aliphatic rings. The lowest BCUT2D eigenvalue weighted by atomic mass is 10.0. The third-order valence-electron chi connectivity index (χ3n) is 10.6. The fourth-order valence-corrected chi connectivity index (χ4v) is 7.52. The molecule has 1 atom stereocenters. The van der Waals surface area contributed by atoms with Crippen LogP contribution in [0, 0.1) is 0 Å². The summed E-state index contributed by atoms with van der Waals surface area (Å²) in [7, 11) is -3.57. The number of nitrogens with zero attached hydrogens (tertiary/aromatic N) is 10. The number of nitrogen functional groups attached to an aromatic ring is 2. The first-order chi connectivity index (χ1) is 33.1. The Balaban J connectivity index is 0.000000156. The number of hydrogen-bond acceptors (Lipinski definition) is 19. The van der Waals surface area contributed by atoms with E-state index in [0.29, 0.717) is 35.6 Å². The van der Waals surface area contributed by atoms with E-state index in [1.54, 1.807) is 30.5 Å². The van der Waals surface area contributed by atoms with Crippen LogP contribution in [0.5, 0.6) is 0 Å². The number of aryl methyl sites for hydroxylation is 2. The van der Waals surface area contributed by atoms with Crippen molar-refractivity contribution in [3.8, 4) is 23.2 Å². The van der Waals surface area contributed by atoms with Gasteiger partial charge in [0.25, 0.3) is 16.7 Å². The van der Waals surface area contributed by atoms with Crippen molar-refractivity contribution in [3.63, 3.8) is 0 Å². The van der Waals surface area contributed by atoms with Crippen LogP contribution in [0.2, 0.25) is 0 Å². The van der Waals surface area contributed by atoms with Gasteiger partial charge in [-0.3, -0.25) is 0 Å². The minimum atomic E-state index is -3.57. The molecular formula is C46H58N14O7S.